The highest BCUT2D eigenvalue weighted by atomic mass is 15.3. The van der Waals surface area contributed by atoms with Crippen LogP contribution in [0.3, 0.4) is 0 Å². The Balaban J connectivity index is 2.08. The van der Waals surface area contributed by atoms with Gasteiger partial charge in [0.25, 0.3) is 0 Å². The van der Waals surface area contributed by atoms with Gasteiger partial charge in [-0.05, 0) is 38.4 Å². The fraction of sp³-hybridized carbons (Fsp3) is 0.600. The first kappa shape index (κ1) is 18.7. The zero-order chi connectivity index (χ0) is 17.2. The molecule has 0 aliphatic heterocycles. The number of aromatic nitrogens is 3. The van der Waals surface area contributed by atoms with Crippen molar-refractivity contribution in [1.82, 2.24) is 20.3 Å². The smallest absolute Gasteiger partial charge is 0.117 e. The van der Waals surface area contributed by atoms with Crippen molar-refractivity contribution >= 4 is 0 Å². The molecule has 0 aliphatic carbocycles. The number of rotatable bonds is 11. The number of aryl methyl sites for hydroxylation is 1. The molecule has 1 heterocycles. The quantitative estimate of drug-likeness (QED) is 0.593. The Bertz CT molecular complexity index is 581. The van der Waals surface area contributed by atoms with E-state index in [1.54, 1.807) is 0 Å². The number of unbranched alkanes of at least 4 members (excludes halogenated alkanes) is 4. The Labute approximate surface area is 146 Å². The van der Waals surface area contributed by atoms with Crippen LogP contribution < -0.4 is 0 Å². The van der Waals surface area contributed by atoms with Crippen molar-refractivity contribution in [1.29, 1.82) is 0 Å². The third kappa shape index (κ3) is 5.45. The monoisotopic (exact) mass is 328 g/mol. The zero-order valence-corrected chi connectivity index (χ0v) is 15.5. The largest absolute Gasteiger partial charge is 0.297 e. The van der Waals surface area contributed by atoms with Gasteiger partial charge in [0.05, 0.1) is 5.69 Å². The number of hydrogen-bond donors (Lipinski definition) is 1. The highest BCUT2D eigenvalue weighted by Gasteiger charge is 2.15. The summed E-state index contributed by atoms with van der Waals surface area (Å²) in [5.74, 6) is 0. The Kier molecular flexibility index (Phi) is 7.96. The summed E-state index contributed by atoms with van der Waals surface area (Å²) in [7, 11) is 0. The lowest BCUT2D eigenvalue weighted by Gasteiger charge is -2.22. The Morgan fingerprint density at radius 2 is 1.62 bits per heavy atom. The second kappa shape index (κ2) is 10.2. The molecule has 4 nitrogen and oxygen atoms in total. The van der Waals surface area contributed by atoms with Gasteiger partial charge in [-0.25, -0.2) is 0 Å². The Hall–Kier alpha value is -1.68. The fourth-order valence-electron chi connectivity index (χ4n) is 3.08. The van der Waals surface area contributed by atoms with E-state index >= 15 is 0 Å². The summed E-state index contributed by atoms with van der Waals surface area (Å²) in [6.45, 7) is 9.87. The molecule has 0 radical (unpaired) electrons. The van der Waals surface area contributed by atoms with E-state index < -0.39 is 0 Å². The average molecular weight is 329 g/mol. The molecule has 2 aromatic rings. The van der Waals surface area contributed by atoms with Crippen LogP contribution in [0.5, 0.6) is 0 Å². The van der Waals surface area contributed by atoms with E-state index in [-0.39, 0.29) is 0 Å². The molecule has 0 unspecified atom stereocenters. The predicted octanol–water partition coefficient (Wildman–Crippen LogP) is 4.96. The van der Waals surface area contributed by atoms with Crippen molar-refractivity contribution in [2.45, 2.75) is 65.8 Å². The van der Waals surface area contributed by atoms with Crippen LogP contribution in [-0.2, 0) is 6.54 Å². The topological polar surface area (TPSA) is 44.8 Å². The molecule has 2 rings (SSSR count). The first-order valence-corrected chi connectivity index (χ1v) is 9.44. The number of benzene rings is 1. The summed E-state index contributed by atoms with van der Waals surface area (Å²) in [5, 5.41) is 11.6. The molecule has 4 heteroatoms. The fourth-order valence-corrected chi connectivity index (χ4v) is 3.08. The lowest BCUT2D eigenvalue weighted by atomic mass is 10.0. The molecular formula is C20H32N4. The van der Waals surface area contributed by atoms with Crippen molar-refractivity contribution in [2.24, 2.45) is 0 Å². The SMILES string of the molecule is CCCCCN(CCCCC)Cc1[nH]nnc1-c1ccccc1C. The minimum atomic E-state index is 0.907. The molecule has 1 aromatic heterocycles. The van der Waals surface area contributed by atoms with E-state index in [2.05, 4.69) is 65.3 Å². The maximum atomic E-state index is 4.36. The first-order valence-electron chi connectivity index (χ1n) is 9.44. The Morgan fingerprint density at radius 1 is 0.958 bits per heavy atom. The molecule has 0 spiro atoms. The summed E-state index contributed by atoms with van der Waals surface area (Å²) >= 11 is 0. The summed E-state index contributed by atoms with van der Waals surface area (Å²) in [5.41, 5.74) is 4.57. The van der Waals surface area contributed by atoms with E-state index in [4.69, 9.17) is 0 Å². The third-order valence-corrected chi connectivity index (χ3v) is 4.56. The Morgan fingerprint density at radius 3 is 2.25 bits per heavy atom. The van der Waals surface area contributed by atoms with Crippen molar-refractivity contribution in [3.8, 4) is 11.3 Å². The van der Waals surface area contributed by atoms with E-state index in [1.807, 2.05) is 0 Å². The maximum absolute atomic E-state index is 4.36. The second-order valence-corrected chi connectivity index (χ2v) is 6.64. The van der Waals surface area contributed by atoms with Gasteiger partial charge in [-0.3, -0.25) is 10.00 Å². The molecule has 0 aliphatic rings. The number of nitrogens with one attached hydrogen (secondary N) is 1. The maximum Gasteiger partial charge on any atom is 0.117 e. The summed E-state index contributed by atoms with van der Waals surface area (Å²) in [6.07, 6.45) is 7.67. The van der Waals surface area contributed by atoms with Crippen LogP contribution in [0.1, 0.15) is 63.6 Å². The third-order valence-electron chi connectivity index (χ3n) is 4.56. The van der Waals surface area contributed by atoms with Crippen LogP contribution in [0.15, 0.2) is 24.3 Å². The molecule has 0 saturated heterocycles. The van der Waals surface area contributed by atoms with E-state index in [0.717, 1.165) is 31.0 Å². The summed E-state index contributed by atoms with van der Waals surface area (Å²) in [6, 6.07) is 8.41. The van der Waals surface area contributed by atoms with Crippen molar-refractivity contribution in [3.05, 3.63) is 35.5 Å². The van der Waals surface area contributed by atoms with Crippen LogP contribution in [0.25, 0.3) is 11.3 Å². The van der Waals surface area contributed by atoms with Crippen LogP contribution in [0.4, 0.5) is 0 Å². The van der Waals surface area contributed by atoms with Gasteiger partial charge in [-0.15, -0.1) is 5.10 Å². The van der Waals surface area contributed by atoms with Gasteiger partial charge in [-0.1, -0.05) is 69.0 Å². The number of H-pyrrole nitrogens is 1. The van der Waals surface area contributed by atoms with Gasteiger partial charge in [0.2, 0.25) is 0 Å². The van der Waals surface area contributed by atoms with E-state index in [0.29, 0.717) is 0 Å². The minimum absolute atomic E-state index is 0.907. The molecule has 132 valence electrons. The van der Waals surface area contributed by atoms with Crippen LogP contribution >= 0.6 is 0 Å². The average Bonchev–Trinajstić information content (AvgIpc) is 3.03. The van der Waals surface area contributed by atoms with Gasteiger partial charge >= 0.3 is 0 Å². The summed E-state index contributed by atoms with van der Waals surface area (Å²) < 4.78 is 0. The van der Waals surface area contributed by atoms with Gasteiger partial charge in [-0.2, -0.15) is 0 Å². The van der Waals surface area contributed by atoms with Gasteiger partial charge in [0.1, 0.15) is 5.69 Å². The minimum Gasteiger partial charge on any atom is -0.297 e. The molecule has 1 N–H and O–H groups in total. The normalized spacial score (nSPS) is 11.3. The first-order chi connectivity index (χ1) is 11.8. The van der Waals surface area contributed by atoms with Gasteiger partial charge in [0, 0.05) is 12.1 Å². The van der Waals surface area contributed by atoms with Crippen molar-refractivity contribution in [2.75, 3.05) is 13.1 Å². The molecular weight excluding hydrogens is 296 g/mol. The number of hydrogen-bond acceptors (Lipinski definition) is 3. The standard InChI is InChI=1S/C20H32N4/c1-4-6-10-14-24(15-11-7-5-2)16-19-20(22-23-21-19)18-13-9-8-12-17(18)3/h8-9,12-13H,4-7,10-11,14-16H2,1-3H3,(H,21,22,23). The lowest BCUT2D eigenvalue weighted by Crippen LogP contribution is -2.26. The van der Waals surface area contributed by atoms with Crippen LogP contribution in [-0.4, -0.2) is 33.4 Å². The molecule has 0 fully saturated rings. The van der Waals surface area contributed by atoms with Crippen LogP contribution in [0.2, 0.25) is 0 Å². The molecule has 0 bridgehead atoms. The lowest BCUT2D eigenvalue weighted by molar-refractivity contribution is 0.251. The summed E-state index contributed by atoms with van der Waals surface area (Å²) in [4.78, 5) is 2.56. The highest BCUT2D eigenvalue weighted by Crippen LogP contribution is 2.24. The predicted molar refractivity (Wildman–Crippen MR) is 101 cm³/mol. The zero-order valence-electron chi connectivity index (χ0n) is 15.5. The molecule has 0 saturated carbocycles. The van der Waals surface area contributed by atoms with Gasteiger partial charge in [0.15, 0.2) is 0 Å². The molecule has 0 amide bonds. The molecule has 1 aromatic carbocycles. The number of aromatic amines is 1. The van der Waals surface area contributed by atoms with Crippen LogP contribution in [0, 0.1) is 6.92 Å². The van der Waals surface area contributed by atoms with Crippen molar-refractivity contribution < 1.29 is 0 Å². The molecule has 24 heavy (non-hydrogen) atoms. The number of nitrogens with zero attached hydrogens (tertiary/aromatic N) is 3. The van der Waals surface area contributed by atoms with Gasteiger partial charge < -0.3 is 0 Å². The second-order valence-electron chi connectivity index (χ2n) is 6.64. The van der Waals surface area contributed by atoms with E-state index in [9.17, 15) is 0 Å². The van der Waals surface area contributed by atoms with Crippen molar-refractivity contribution in [3.63, 3.8) is 0 Å². The molecule has 0 atom stereocenters. The highest BCUT2D eigenvalue weighted by molar-refractivity contribution is 5.64. The van der Waals surface area contributed by atoms with E-state index in [1.165, 1.54) is 49.7 Å².